The number of hydrogen-bond acceptors (Lipinski definition) is 1. The zero-order valence-corrected chi connectivity index (χ0v) is 12.4. The Labute approximate surface area is 121 Å². The highest BCUT2D eigenvalue weighted by atomic mass is 16.5. The van der Waals surface area contributed by atoms with Gasteiger partial charge in [0.25, 0.3) is 0 Å². The Morgan fingerprint density at radius 2 is 1.90 bits per heavy atom. The molecule has 0 aliphatic heterocycles. The standard InChI is InChI=1S/C19H22O/c1-3-4-7-14-10-11-17-16-9-6-5-8-15(16)12-18(17)19(14)13-20-2/h5-6,8-11H,3-4,7,12-13H2,1-2H3. The lowest BCUT2D eigenvalue weighted by atomic mass is 9.94. The Hall–Kier alpha value is -1.60. The van der Waals surface area contributed by atoms with E-state index in [4.69, 9.17) is 4.74 Å². The first kappa shape index (κ1) is 13.4. The molecule has 1 aliphatic carbocycles. The van der Waals surface area contributed by atoms with Crippen molar-refractivity contribution < 1.29 is 4.74 Å². The zero-order valence-electron chi connectivity index (χ0n) is 12.4. The van der Waals surface area contributed by atoms with E-state index in [1.165, 1.54) is 52.6 Å². The van der Waals surface area contributed by atoms with Gasteiger partial charge in [0, 0.05) is 7.11 Å². The monoisotopic (exact) mass is 266 g/mol. The van der Waals surface area contributed by atoms with Gasteiger partial charge in [-0.25, -0.2) is 0 Å². The Morgan fingerprint density at radius 1 is 1.05 bits per heavy atom. The number of methoxy groups -OCH3 is 1. The number of ether oxygens (including phenoxy) is 1. The van der Waals surface area contributed by atoms with E-state index >= 15 is 0 Å². The van der Waals surface area contributed by atoms with Crippen molar-refractivity contribution in [2.75, 3.05) is 7.11 Å². The Kier molecular flexibility index (Phi) is 3.88. The predicted molar refractivity (Wildman–Crippen MR) is 84.0 cm³/mol. The van der Waals surface area contributed by atoms with Gasteiger partial charge >= 0.3 is 0 Å². The molecule has 104 valence electrons. The first-order valence-corrected chi connectivity index (χ1v) is 7.56. The van der Waals surface area contributed by atoms with Gasteiger partial charge in [-0.3, -0.25) is 0 Å². The third-order valence-electron chi connectivity index (χ3n) is 4.29. The molecule has 0 saturated carbocycles. The molecular formula is C19H22O. The fraction of sp³-hybridized carbons (Fsp3) is 0.368. The zero-order chi connectivity index (χ0) is 13.9. The van der Waals surface area contributed by atoms with E-state index in [0.29, 0.717) is 0 Å². The second kappa shape index (κ2) is 5.80. The van der Waals surface area contributed by atoms with Gasteiger partial charge in [0.2, 0.25) is 0 Å². The summed E-state index contributed by atoms with van der Waals surface area (Å²) in [5.74, 6) is 0. The van der Waals surface area contributed by atoms with Gasteiger partial charge < -0.3 is 4.74 Å². The van der Waals surface area contributed by atoms with Crippen molar-refractivity contribution in [2.45, 2.75) is 39.2 Å². The molecular weight excluding hydrogens is 244 g/mol. The lowest BCUT2D eigenvalue weighted by molar-refractivity contribution is 0.183. The molecule has 3 rings (SSSR count). The minimum absolute atomic E-state index is 0.732. The van der Waals surface area contributed by atoms with Crippen molar-refractivity contribution in [3.05, 3.63) is 58.7 Å². The van der Waals surface area contributed by atoms with E-state index in [9.17, 15) is 0 Å². The third kappa shape index (κ3) is 2.27. The Balaban J connectivity index is 2.06. The molecule has 0 saturated heterocycles. The van der Waals surface area contributed by atoms with Crippen LogP contribution in [0.5, 0.6) is 0 Å². The van der Waals surface area contributed by atoms with Gasteiger partial charge in [0.05, 0.1) is 6.61 Å². The molecule has 0 bridgehead atoms. The van der Waals surface area contributed by atoms with E-state index in [2.05, 4.69) is 43.3 Å². The van der Waals surface area contributed by atoms with Crippen LogP contribution in [0.1, 0.15) is 42.0 Å². The molecule has 1 heteroatoms. The summed E-state index contributed by atoms with van der Waals surface area (Å²) in [5.41, 5.74) is 8.65. The first-order valence-electron chi connectivity index (χ1n) is 7.56. The third-order valence-corrected chi connectivity index (χ3v) is 4.29. The number of rotatable bonds is 5. The van der Waals surface area contributed by atoms with Crippen LogP contribution in [-0.4, -0.2) is 7.11 Å². The van der Waals surface area contributed by atoms with Crippen LogP contribution < -0.4 is 0 Å². The molecule has 1 nitrogen and oxygen atoms in total. The lowest BCUT2D eigenvalue weighted by Crippen LogP contribution is -2.01. The number of fused-ring (bicyclic) bond motifs is 3. The molecule has 0 unspecified atom stereocenters. The topological polar surface area (TPSA) is 9.23 Å². The van der Waals surface area contributed by atoms with Crippen molar-refractivity contribution in [3.8, 4) is 11.1 Å². The van der Waals surface area contributed by atoms with Crippen molar-refractivity contribution in [3.63, 3.8) is 0 Å². The summed E-state index contributed by atoms with van der Waals surface area (Å²) >= 11 is 0. The van der Waals surface area contributed by atoms with Crippen LogP contribution in [0.15, 0.2) is 36.4 Å². The quantitative estimate of drug-likeness (QED) is 0.647. The van der Waals surface area contributed by atoms with Crippen molar-refractivity contribution in [1.82, 2.24) is 0 Å². The van der Waals surface area contributed by atoms with Crippen LogP contribution in [0.25, 0.3) is 11.1 Å². The fourth-order valence-electron chi connectivity index (χ4n) is 3.25. The van der Waals surface area contributed by atoms with E-state index < -0.39 is 0 Å². The van der Waals surface area contributed by atoms with E-state index in [1.54, 1.807) is 7.11 Å². The summed E-state index contributed by atoms with van der Waals surface area (Å²) in [6.07, 6.45) is 4.72. The van der Waals surface area contributed by atoms with Gasteiger partial charge in [0.15, 0.2) is 0 Å². The number of hydrogen-bond donors (Lipinski definition) is 0. The van der Waals surface area contributed by atoms with Gasteiger partial charge in [0.1, 0.15) is 0 Å². The lowest BCUT2D eigenvalue weighted by Gasteiger charge is -2.14. The second-order valence-corrected chi connectivity index (χ2v) is 5.60. The maximum Gasteiger partial charge on any atom is 0.0718 e. The minimum atomic E-state index is 0.732. The largest absolute Gasteiger partial charge is 0.380 e. The smallest absolute Gasteiger partial charge is 0.0718 e. The van der Waals surface area contributed by atoms with E-state index in [-0.39, 0.29) is 0 Å². The summed E-state index contributed by atoms with van der Waals surface area (Å²) in [6.45, 7) is 2.98. The highest BCUT2D eigenvalue weighted by Crippen LogP contribution is 2.39. The van der Waals surface area contributed by atoms with Crippen molar-refractivity contribution in [1.29, 1.82) is 0 Å². The molecule has 2 aromatic rings. The molecule has 0 heterocycles. The van der Waals surface area contributed by atoms with E-state index in [0.717, 1.165) is 13.0 Å². The molecule has 0 fully saturated rings. The fourth-order valence-corrected chi connectivity index (χ4v) is 3.25. The number of benzene rings is 2. The number of aryl methyl sites for hydroxylation is 1. The molecule has 0 radical (unpaired) electrons. The van der Waals surface area contributed by atoms with Crippen LogP contribution in [0, 0.1) is 0 Å². The van der Waals surface area contributed by atoms with E-state index in [1.807, 2.05) is 0 Å². The highest BCUT2D eigenvalue weighted by molar-refractivity contribution is 5.78. The van der Waals surface area contributed by atoms with Crippen LogP contribution in [-0.2, 0) is 24.2 Å². The van der Waals surface area contributed by atoms with Gasteiger partial charge in [-0.05, 0) is 52.6 Å². The maximum absolute atomic E-state index is 5.47. The predicted octanol–water partition coefficient (Wildman–Crippen LogP) is 4.75. The molecule has 0 aromatic heterocycles. The average Bonchev–Trinajstić information content (AvgIpc) is 2.85. The van der Waals surface area contributed by atoms with Gasteiger partial charge in [-0.15, -0.1) is 0 Å². The molecule has 0 amide bonds. The summed E-state index contributed by atoms with van der Waals surface area (Å²) < 4.78 is 5.47. The first-order chi connectivity index (χ1) is 9.85. The van der Waals surface area contributed by atoms with Gasteiger partial charge in [-0.1, -0.05) is 49.7 Å². The summed E-state index contributed by atoms with van der Waals surface area (Å²) in [7, 11) is 1.80. The molecule has 2 aromatic carbocycles. The summed E-state index contributed by atoms with van der Waals surface area (Å²) in [6, 6.07) is 13.4. The number of unbranched alkanes of at least 4 members (excludes halogenated alkanes) is 1. The molecule has 20 heavy (non-hydrogen) atoms. The normalized spacial score (nSPS) is 12.3. The Bertz CT molecular complexity index is 613. The molecule has 0 N–H and O–H groups in total. The summed E-state index contributed by atoms with van der Waals surface area (Å²) in [4.78, 5) is 0. The van der Waals surface area contributed by atoms with Gasteiger partial charge in [-0.2, -0.15) is 0 Å². The van der Waals surface area contributed by atoms with Crippen LogP contribution in [0.3, 0.4) is 0 Å². The second-order valence-electron chi connectivity index (χ2n) is 5.60. The highest BCUT2D eigenvalue weighted by Gasteiger charge is 2.22. The molecule has 1 aliphatic rings. The van der Waals surface area contributed by atoms with Crippen molar-refractivity contribution >= 4 is 0 Å². The molecule has 0 spiro atoms. The minimum Gasteiger partial charge on any atom is -0.380 e. The SMILES string of the molecule is CCCCc1ccc2c(c1COC)Cc1ccccc1-2. The maximum atomic E-state index is 5.47. The van der Waals surface area contributed by atoms with Crippen LogP contribution in [0.4, 0.5) is 0 Å². The summed E-state index contributed by atoms with van der Waals surface area (Å²) in [5, 5.41) is 0. The van der Waals surface area contributed by atoms with Crippen LogP contribution in [0.2, 0.25) is 0 Å². The molecule has 0 atom stereocenters. The Morgan fingerprint density at radius 3 is 2.70 bits per heavy atom. The van der Waals surface area contributed by atoms with Crippen LogP contribution >= 0.6 is 0 Å². The average molecular weight is 266 g/mol. The van der Waals surface area contributed by atoms with Crippen molar-refractivity contribution in [2.24, 2.45) is 0 Å².